The second-order valence-corrected chi connectivity index (χ2v) is 7.12. The summed E-state index contributed by atoms with van der Waals surface area (Å²) in [5.74, 6) is 0.729. The summed E-state index contributed by atoms with van der Waals surface area (Å²) < 4.78 is 31.8. The summed E-state index contributed by atoms with van der Waals surface area (Å²) in [5, 5.41) is 3.63. The molecule has 98 valence electrons. The van der Waals surface area contributed by atoms with E-state index in [9.17, 15) is 8.42 Å². The molecule has 2 rings (SSSR count). The molecule has 0 aliphatic carbocycles. The van der Waals surface area contributed by atoms with Gasteiger partial charge in [-0.05, 0) is 32.9 Å². The molecule has 2 aromatic heterocycles. The van der Waals surface area contributed by atoms with Crippen LogP contribution in [-0.2, 0) is 10.0 Å². The maximum atomic E-state index is 12.0. The first-order valence-corrected chi connectivity index (χ1v) is 7.57. The molecular weight excluding hydrogens is 274 g/mol. The van der Waals surface area contributed by atoms with Crippen molar-refractivity contribution in [2.75, 3.05) is 0 Å². The van der Waals surface area contributed by atoms with E-state index in [1.165, 1.54) is 11.3 Å². The standard InChI is InChI=1S/C10H13N3O3S2/c1-6-4-5-9(17-6)18(14,15)13-7(2)10-11-8(3)12-16-10/h4-5,7,13H,1-3H3. The van der Waals surface area contributed by atoms with Crippen molar-refractivity contribution in [2.45, 2.75) is 31.0 Å². The number of hydrogen-bond donors (Lipinski definition) is 1. The van der Waals surface area contributed by atoms with Gasteiger partial charge in [0.15, 0.2) is 5.82 Å². The Morgan fingerprint density at radius 1 is 1.39 bits per heavy atom. The Hall–Kier alpha value is -1.25. The lowest BCUT2D eigenvalue weighted by Crippen LogP contribution is -2.26. The molecule has 0 fully saturated rings. The van der Waals surface area contributed by atoms with Crippen molar-refractivity contribution in [2.24, 2.45) is 0 Å². The average Bonchev–Trinajstić information content (AvgIpc) is 2.86. The van der Waals surface area contributed by atoms with Gasteiger partial charge in [0.05, 0.1) is 6.04 Å². The third kappa shape index (κ3) is 2.77. The van der Waals surface area contributed by atoms with E-state index in [-0.39, 0.29) is 10.1 Å². The van der Waals surface area contributed by atoms with Gasteiger partial charge in [0.1, 0.15) is 4.21 Å². The van der Waals surface area contributed by atoms with Gasteiger partial charge in [0.2, 0.25) is 5.89 Å². The van der Waals surface area contributed by atoms with E-state index < -0.39 is 16.1 Å². The third-order valence-electron chi connectivity index (χ3n) is 2.23. The van der Waals surface area contributed by atoms with Crippen LogP contribution in [0.2, 0.25) is 0 Å². The molecule has 0 aliphatic rings. The smallest absolute Gasteiger partial charge is 0.250 e. The van der Waals surface area contributed by atoms with E-state index in [2.05, 4.69) is 14.9 Å². The van der Waals surface area contributed by atoms with Crippen LogP contribution in [0.15, 0.2) is 20.9 Å². The van der Waals surface area contributed by atoms with E-state index >= 15 is 0 Å². The molecular formula is C10H13N3O3S2. The van der Waals surface area contributed by atoms with Crippen LogP contribution in [0.1, 0.15) is 29.6 Å². The average molecular weight is 287 g/mol. The zero-order valence-corrected chi connectivity index (χ0v) is 11.8. The van der Waals surface area contributed by atoms with Crippen LogP contribution >= 0.6 is 11.3 Å². The number of aryl methyl sites for hydroxylation is 2. The number of rotatable bonds is 4. The first-order valence-electron chi connectivity index (χ1n) is 5.27. The lowest BCUT2D eigenvalue weighted by Gasteiger charge is -2.08. The molecule has 0 radical (unpaired) electrons. The number of nitrogens with one attached hydrogen (secondary N) is 1. The number of sulfonamides is 1. The van der Waals surface area contributed by atoms with Gasteiger partial charge in [-0.3, -0.25) is 0 Å². The van der Waals surface area contributed by atoms with Crippen molar-refractivity contribution < 1.29 is 12.9 Å². The lowest BCUT2D eigenvalue weighted by molar-refractivity contribution is 0.351. The van der Waals surface area contributed by atoms with Gasteiger partial charge in [-0.1, -0.05) is 5.16 Å². The van der Waals surface area contributed by atoms with Crippen molar-refractivity contribution >= 4 is 21.4 Å². The Morgan fingerprint density at radius 2 is 2.11 bits per heavy atom. The van der Waals surface area contributed by atoms with E-state index in [1.54, 1.807) is 26.0 Å². The van der Waals surface area contributed by atoms with Crippen molar-refractivity contribution in [1.82, 2.24) is 14.9 Å². The molecule has 2 aromatic rings. The first kappa shape index (κ1) is 13.2. The van der Waals surface area contributed by atoms with Crippen LogP contribution in [0.25, 0.3) is 0 Å². The van der Waals surface area contributed by atoms with Crippen LogP contribution in [0.4, 0.5) is 0 Å². The zero-order chi connectivity index (χ0) is 13.3. The number of thiophene rings is 1. The van der Waals surface area contributed by atoms with Gasteiger partial charge in [-0.25, -0.2) is 8.42 Å². The molecule has 0 spiro atoms. The minimum Gasteiger partial charge on any atom is -0.338 e. The van der Waals surface area contributed by atoms with E-state index in [1.807, 2.05) is 6.92 Å². The van der Waals surface area contributed by atoms with Gasteiger partial charge in [0, 0.05) is 4.88 Å². The van der Waals surface area contributed by atoms with E-state index in [0.717, 1.165) is 4.88 Å². The first-order chi connectivity index (χ1) is 8.38. The summed E-state index contributed by atoms with van der Waals surface area (Å²) in [6, 6.07) is 2.79. The quantitative estimate of drug-likeness (QED) is 0.926. The summed E-state index contributed by atoms with van der Waals surface area (Å²) in [6.45, 7) is 5.19. The highest BCUT2D eigenvalue weighted by atomic mass is 32.2. The van der Waals surface area contributed by atoms with Gasteiger partial charge in [-0.15, -0.1) is 11.3 Å². The molecule has 18 heavy (non-hydrogen) atoms. The summed E-state index contributed by atoms with van der Waals surface area (Å²) in [4.78, 5) is 4.93. The van der Waals surface area contributed by atoms with E-state index in [0.29, 0.717) is 5.82 Å². The molecule has 0 saturated carbocycles. The fourth-order valence-corrected chi connectivity index (χ4v) is 3.88. The van der Waals surface area contributed by atoms with Gasteiger partial charge in [0.25, 0.3) is 10.0 Å². The molecule has 1 unspecified atom stereocenters. The maximum Gasteiger partial charge on any atom is 0.250 e. The number of nitrogens with zero attached hydrogens (tertiary/aromatic N) is 2. The predicted molar refractivity (Wildman–Crippen MR) is 66.8 cm³/mol. The van der Waals surface area contributed by atoms with Crippen molar-refractivity contribution in [3.8, 4) is 0 Å². The van der Waals surface area contributed by atoms with Gasteiger partial charge >= 0.3 is 0 Å². The molecule has 0 aliphatic heterocycles. The van der Waals surface area contributed by atoms with Gasteiger partial charge < -0.3 is 4.52 Å². The van der Waals surface area contributed by atoms with Gasteiger partial charge in [-0.2, -0.15) is 9.71 Å². The predicted octanol–water partition coefficient (Wildman–Crippen LogP) is 1.79. The monoisotopic (exact) mass is 287 g/mol. The highest BCUT2D eigenvalue weighted by molar-refractivity contribution is 7.91. The molecule has 0 aromatic carbocycles. The molecule has 6 nitrogen and oxygen atoms in total. The second-order valence-electron chi connectivity index (χ2n) is 3.89. The summed E-state index contributed by atoms with van der Waals surface area (Å²) >= 11 is 1.22. The Kier molecular flexibility index (Phi) is 3.51. The summed E-state index contributed by atoms with van der Waals surface area (Å²) in [7, 11) is -3.54. The van der Waals surface area contributed by atoms with Crippen LogP contribution in [0.5, 0.6) is 0 Å². The number of aromatic nitrogens is 2. The Labute approximate surface area is 109 Å². The zero-order valence-electron chi connectivity index (χ0n) is 10.2. The Bertz CT molecular complexity index is 645. The van der Waals surface area contributed by atoms with Crippen molar-refractivity contribution in [1.29, 1.82) is 0 Å². The molecule has 1 N–H and O–H groups in total. The lowest BCUT2D eigenvalue weighted by atomic mass is 10.4. The maximum absolute atomic E-state index is 12.0. The second kappa shape index (κ2) is 4.79. The minimum atomic E-state index is -3.54. The van der Waals surface area contributed by atoms with Crippen LogP contribution < -0.4 is 4.72 Å². The minimum absolute atomic E-state index is 0.254. The molecule has 0 amide bonds. The molecule has 0 saturated heterocycles. The number of hydrogen-bond acceptors (Lipinski definition) is 6. The molecule has 0 bridgehead atoms. The third-order valence-corrected chi connectivity index (χ3v) is 5.26. The fraction of sp³-hybridized carbons (Fsp3) is 0.400. The normalized spacial score (nSPS) is 13.7. The van der Waals surface area contributed by atoms with Crippen LogP contribution in [0.3, 0.4) is 0 Å². The largest absolute Gasteiger partial charge is 0.338 e. The molecule has 2 heterocycles. The Morgan fingerprint density at radius 3 is 2.61 bits per heavy atom. The molecule has 1 atom stereocenters. The molecule has 8 heteroatoms. The Balaban J connectivity index is 2.18. The topological polar surface area (TPSA) is 85.1 Å². The van der Waals surface area contributed by atoms with Crippen molar-refractivity contribution in [3.63, 3.8) is 0 Å². The highest BCUT2D eigenvalue weighted by Gasteiger charge is 2.22. The van der Waals surface area contributed by atoms with Crippen LogP contribution in [0, 0.1) is 13.8 Å². The fourth-order valence-electron chi connectivity index (χ4n) is 1.39. The van der Waals surface area contributed by atoms with E-state index in [4.69, 9.17) is 4.52 Å². The van der Waals surface area contributed by atoms with Crippen molar-refractivity contribution in [3.05, 3.63) is 28.7 Å². The highest BCUT2D eigenvalue weighted by Crippen LogP contribution is 2.22. The SMILES string of the molecule is Cc1noc(C(C)NS(=O)(=O)c2ccc(C)s2)n1. The van der Waals surface area contributed by atoms with Crippen LogP contribution in [-0.4, -0.2) is 18.6 Å². The summed E-state index contributed by atoms with van der Waals surface area (Å²) in [6.07, 6.45) is 0. The summed E-state index contributed by atoms with van der Waals surface area (Å²) in [5.41, 5.74) is 0.